The van der Waals surface area contributed by atoms with Gasteiger partial charge in [0.2, 0.25) is 0 Å². The summed E-state index contributed by atoms with van der Waals surface area (Å²) in [7, 11) is 1.58. The third-order valence-electron chi connectivity index (χ3n) is 8.09. The first kappa shape index (κ1) is 33.7. The van der Waals surface area contributed by atoms with Crippen molar-refractivity contribution in [2.24, 2.45) is 4.99 Å². The molecule has 3 aromatic carbocycles. The Morgan fingerprint density at radius 3 is 2.41 bits per heavy atom. The zero-order chi connectivity index (χ0) is 34.3. The molecule has 0 saturated carbocycles. The molecule has 1 atom stereocenters. The number of hydrogen-bond acceptors (Lipinski definition) is 10. The fraction of sp³-hybridized carbons (Fsp3) is 0.297. The lowest BCUT2D eigenvalue weighted by molar-refractivity contribution is -0.139. The number of carbonyl (C=O) groups is 2. The van der Waals surface area contributed by atoms with Crippen LogP contribution in [0, 0.1) is 0 Å². The molecule has 1 fully saturated rings. The van der Waals surface area contributed by atoms with Gasteiger partial charge in [-0.25, -0.2) is 9.79 Å². The van der Waals surface area contributed by atoms with Crippen LogP contribution in [0.4, 0.5) is 0 Å². The molecule has 11 nitrogen and oxygen atoms in total. The average Bonchev–Trinajstić information content (AvgIpc) is 3.45. The van der Waals surface area contributed by atoms with Crippen molar-refractivity contribution in [3.8, 4) is 17.2 Å². The number of benzene rings is 3. The highest BCUT2D eigenvalue weighted by Crippen LogP contribution is 2.36. The number of thiazole rings is 1. The Balaban J connectivity index is 1.43. The lowest BCUT2D eigenvalue weighted by Gasteiger charge is -2.26. The van der Waals surface area contributed by atoms with E-state index in [0.717, 1.165) is 5.56 Å². The molecule has 6 rings (SSSR count). The lowest BCUT2D eigenvalue weighted by Crippen LogP contribution is -2.43. The highest BCUT2D eigenvalue weighted by molar-refractivity contribution is 7.07. The molecule has 2 aliphatic rings. The summed E-state index contributed by atoms with van der Waals surface area (Å²) in [4.78, 5) is 47.7. The van der Waals surface area contributed by atoms with Crippen molar-refractivity contribution in [3.05, 3.63) is 115 Å². The van der Waals surface area contributed by atoms with E-state index in [0.29, 0.717) is 76.3 Å². The molecule has 0 spiro atoms. The second-order valence-electron chi connectivity index (χ2n) is 11.1. The molecule has 1 saturated heterocycles. The molecular formula is C37H37N3O8S. The summed E-state index contributed by atoms with van der Waals surface area (Å²) < 4.78 is 30.0. The predicted octanol–water partition coefficient (Wildman–Crippen LogP) is 3.58. The van der Waals surface area contributed by atoms with Crippen molar-refractivity contribution in [1.29, 1.82) is 0 Å². The summed E-state index contributed by atoms with van der Waals surface area (Å²) in [5, 5.41) is 0. The topological polar surface area (TPSA) is 118 Å². The van der Waals surface area contributed by atoms with E-state index in [4.69, 9.17) is 28.7 Å². The largest absolute Gasteiger partial charge is 0.497 e. The number of ether oxygens (including phenoxy) is 5. The van der Waals surface area contributed by atoms with Gasteiger partial charge in [0.1, 0.15) is 5.75 Å². The maximum absolute atomic E-state index is 14.3. The highest BCUT2D eigenvalue weighted by Gasteiger charge is 2.35. The minimum atomic E-state index is -0.808. The van der Waals surface area contributed by atoms with Gasteiger partial charge in [-0.3, -0.25) is 14.2 Å². The van der Waals surface area contributed by atoms with Crippen LogP contribution >= 0.6 is 11.3 Å². The Morgan fingerprint density at radius 1 is 0.959 bits per heavy atom. The molecule has 3 heterocycles. The zero-order valence-corrected chi connectivity index (χ0v) is 28.4. The summed E-state index contributed by atoms with van der Waals surface area (Å²) in [5.74, 6) is 0.840. The Labute approximate surface area is 287 Å². The minimum absolute atomic E-state index is 0.126. The molecule has 254 valence electrons. The van der Waals surface area contributed by atoms with E-state index in [1.54, 1.807) is 59.9 Å². The van der Waals surface area contributed by atoms with Crippen LogP contribution in [0.5, 0.6) is 17.2 Å². The second-order valence-corrected chi connectivity index (χ2v) is 12.1. The van der Waals surface area contributed by atoms with E-state index in [1.807, 2.05) is 49.4 Å². The van der Waals surface area contributed by atoms with Crippen LogP contribution in [0.1, 0.15) is 36.6 Å². The molecule has 1 aromatic heterocycles. The molecule has 12 heteroatoms. The van der Waals surface area contributed by atoms with Crippen molar-refractivity contribution >= 4 is 35.0 Å². The number of morpholine rings is 1. The number of esters is 1. The van der Waals surface area contributed by atoms with E-state index in [-0.39, 0.29) is 30.3 Å². The van der Waals surface area contributed by atoms with Gasteiger partial charge in [-0.2, -0.15) is 0 Å². The lowest BCUT2D eigenvalue weighted by atomic mass is 9.93. The van der Waals surface area contributed by atoms with Gasteiger partial charge in [0.05, 0.1) is 55.4 Å². The third kappa shape index (κ3) is 7.30. The number of hydrogen-bond donors (Lipinski definition) is 0. The molecule has 49 heavy (non-hydrogen) atoms. The molecule has 0 radical (unpaired) electrons. The van der Waals surface area contributed by atoms with Crippen molar-refractivity contribution in [3.63, 3.8) is 0 Å². The van der Waals surface area contributed by atoms with Gasteiger partial charge in [-0.05, 0) is 55.3 Å². The summed E-state index contributed by atoms with van der Waals surface area (Å²) in [6, 6.07) is 21.2. The smallest absolute Gasteiger partial charge is 0.338 e. The quantitative estimate of drug-likeness (QED) is 0.220. The van der Waals surface area contributed by atoms with Crippen LogP contribution < -0.4 is 29.1 Å². The molecule has 0 aliphatic carbocycles. The first-order valence-electron chi connectivity index (χ1n) is 16.1. The van der Waals surface area contributed by atoms with Crippen molar-refractivity contribution in [2.45, 2.75) is 19.9 Å². The predicted molar refractivity (Wildman–Crippen MR) is 185 cm³/mol. The first-order valence-corrected chi connectivity index (χ1v) is 16.9. The molecule has 1 amide bonds. The van der Waals surface area contributed by atoms with Crippen LogP contribution in [0.25, 0.3) is 11.8 Å². The fourth-order valence-electron chi connectivity index (χ4n) is 5.74. The van der Waals surface area contributed by atoms with Gasteiger partial charge in [0.15, 0.2) is 22.9 Å². The molecule has 2 aliphatic heterocycles. The van der Waals surface area contributed by atoms with Crippen LogP contribution in [-0.4, -0.2) is 74.6 Å². The molecule has 0 unspecified atom stereocenters. The number of rotatable bonds is 11. The number of nitrogens with zero attached hydrogens (tertiary/aromatic N) is 3. The SMILES string of the molecule is CCOC(=O)C1=C(c2ccccc2)N=c2s/c(=C/c3ccc(OCC(=O)N4CCOCC4)c(OCC)c3)c(=O)n2[C@@H]1c1ccc(OC)cc1. The van der Waals surface area contributed by atoms with Crippen molar-refractivity contribution in [2.75, 3.05) is 53.2 Å². The maximum atomic E-state index is 14.3. The average molecular weight is 684 g/mol. The van der Waals surface area contributed by atoms with Crippen LogP contribution in [0.15, 0.2) is 88.2 Å². The van der Waals surface area contributed by atoms with Gasteiger partial charge in [0.25, 0.3) is 11.5 Å². The third-order valence-corrected chi connectivity index (χ3v) is 9.07. The van der Waals surface area contributed by atoms with E-state index in [9.17, 15) is 14.4 Å². The van der Waals surface area contributed by atoms with Gasteiger partial charge in [0, 0.05) is 18.7 Å². The molecule has 4 aromatic rings. The van der Waals surface area contributed by atoms with E-state index in [1.165, 1.54) is 11.3 Å². The van der Waals surface area contributed by atoms with E-state index < -0.39 is 12.0 Å². The Hall–Kier alpha value is -5.20. The number of amides is 1. The maximum Gasteiger partial charge on any atom is 0.338 e. The monoisotopic (exact) mass is 683 g/mol. The number of fused-ring (bicyclic) bond motifs is 1. The van der Waals surface area contributed by atoms with E-state index >= 15 is 0 Å². The Kier molecular flexibility index (Phi) is 10.6. The van der Waals surface area contributed by atoms with Crippen molar-refractivity contribution < 1.29 is 33.3 Å². The zero-order valence-electron chi connectivity index (χ0n) is 27.5. The highest BCUT2D eigenvalue weighted by atomic mass is 32.1. The van der Waals surface area contributed by atoms with E-state index in [2.05, 4.69) is 0 Å². The second kappa shape index (κ2) is 15.3. The van der Waals surface area contributed by atoms with Crippen LogP contribution in [0.3, 0.4) is 0 Å². The van der Waals surface area contributed by atoms with Gasteiger partial charge in [-0.1, -0.05) is 59.9 Å². The summed E-state index contributed by atoms with van der Waals surface area (Å²) >= 11 is 1.23. The molecular weight excluding hydrogens is 646 g/mol. The summed E-state index contributed by atoms with van der Waals surface area (Å²) in [6.07, 6.45) is 1.76. The van der Waals surface area contributed by atoms with Gasteiger partial charge < -0.3 is 28.6 Å². The van der Waals surface area contributed by atoms with Crippen LogP contribution in [-0.2, 0) is 19.1 Å². The molecule has 0 bridgehead atoms. The van der Waals surface area contributed by atoms with Crippen LogP contribution in [0.2, 0.25) is 0 Å². The van der Waals surface area contributed by atoms with Gasteiger partial charge in [-0.15, -0.1) is 0 Å². The van der Waals surface area contributed by atoms with Gasteiger partial charge >= 0.3 is 5.97 Å². The standard InChI is InChI=1S/C37H37N3O8S/c1-4-46-29-21-24(11-16-28(29)48-23-31(41)39-17-19-45-20-18-39)22-30-35(42)40-34(26-12-14-27(44-3)15-13-26)32(36(43)47-5-2)33(38-37(40)49-30)25-9-7-6-8-10-25/h6-16,21-22,34H,4-5,17-20,23H2,1-3H3/b30-22+/t34-/m1/s1. The Bertz CT molecular complexity index is 2030. The number of aromatic nitrogens is 1. The minimum Gasteiger partial charge on any atom is -0.497 e. The first-order chi connectivity index (χ1) is 23.9. The molecule has 0 N–H and O–H groups in total. The Morgan fingerprint density at radius 2 is 1.71 bits per heavy atom. The normalized spacial score (nSPS) is 16.1. The summed E-state index contributed by atoms with van der Waals surface area (Å²) in [6.45, 7) is 6.09. The number of carbonyl (C=O) groups excluding carboxylic acids is 2. The fourth-order valence-corrected chi connectivity index (χ4v) is 6.74. The summed E-state index contributed by atoms with van der Waals surface area (Å²) in [5.41, 5.74) is 2.52. The number of methoxy groups -OCH3 is 1. The van der Waals surface area contributed by atoms with Crippen molar-refractivity contribution in [1.82, 2.24) is 9.47 Å².